The van der Waals surface area contributed by atoms with Crippen molar-refractivity contribution in [1.82, 2.24) is 9.55 Å². The molecule has 2 heterocycles. The Morgan fingerprint density at radius 3 is 2.80 bits per heavy atom. The maximum Gasteiger partial charge on any atom is 0.586 e. The Hall–Kier alpha value is -3.16. The number of carbonyl (C=O) groups is 1. The number of halogens is 2. The minimum Gasteiger partial charge on any atom is -0.395 e. The highest BCUT2D eigenvalue weighted by Gasteiger charge is 2.43. The maximum absolute atomic E-state index is 13.1. The van der Waals surface area contributed by atoms with Crippen LogP contribution in [0.3, 0.4) is 0 Å². The zero-order chi connectivity index (χ0) is 17.6. The molecule has 0 unspecified atom stereocenters. The van der Waals surface area contributed by atoms with Gasteiger partial charge in [-0.25, -0.2) is 4.98 Å². The largest absolute Gasteiger partial charge is 0.586 e. The summed E-state index contributed by atoms with van der Waals surface area (Å²) in [4.78, 5) is 16.8. The number of rotatable bonds is 3. The van der Waals surface area contributed by atoms with Gasteiger partial charge in [-0.1, -0.05) is 12.1 Å². The molecule has 4 rings (SSSR count). The minimum absolute atomic E-state index is 0.0725. The van der Waals surface area contributed by atoms with E-state index in [1.807, 2.05) is 24.3 Å². The topological polar surface area (TPSA) is 65.4 Å². The number of fused-ring (bicyclic) bond motifs is 2. The summed E-state index contributed by atoms with van der Waals surface area (Å²) >= 11 is 0. The number of ether oxygens (including phenoxy) is 2. The van der Waals surface area contributed by atoms with E-state index in [0.717, 1.165) is 11.0 Å². The minimum atomic E-state index is -3.69. The number of aromatic nitrogens is 2. The number of amides is 1. The van der Waals surface area contributed by atoms with Crippen LogP contribution in [0.5, 0.6) is 11.5 Å². The fraction of sp³-hybridized carbons (Fsp3) is 0.176. The van der Waals surface area contributed by atoms with Gasteiger partial charge in [0.25, 0.3) is 0 Å². The van der Waals surface area contributed by atoms with E-state index in [0.29, 0.717) is 5.69 Å². The van der Waals surface area contributed by atoms with E-state index in [1.54, 1.807) is 17.8 Å². The van der Waals surface area contributed by atoms with Crippen LogP contribution in [-0.4, -0.2) is 21.8 Å². The Morgan fingerprint density at radius 2 is 1.96 bits per heavy atom. The van der Waals surface area contributed by atoms with Gasteiger partial charge >= 0.3 is 6.29 Å². The van der Waals surface area contributed by atoms with Gasteiger partial charge in [-0.3, -0.25) is 4.79 Å². The molecule has 0 fully saturated rings. The van der Waals surface area contributed by atoms with Crippen LogP contribution in [0.25, 0.3) is 11.0 Å². The van der Waals surface area contributed by atoms with Crippen molar-refractivity contribution in [2.45, 2.75) is 19.3 Å². The number of nitrogens with zero attached hydrogens (tertiary/aromatic N) is 2. The lowest BCUT2D eigenvalue weighted by Crippen LogP contribution is -2.26. The fourth-order valence-corrected chi connectivity index (χ4v) is 2.69. The van der Waals surface area contributed by atoms with Crippen LogP contribution in [0.2, 0.25) is 0 Å². The number of hydrogen-bond donors (Lipinski definition) is 1. The first-order valence-electron chi connectivity index (χ1n) is 7.55. The predicted octanol–water partition coefficient (Wildman–Crippen LogP) is 3.56. The van der Waals surface area contributed by atoms with E-state index < -0.39 is 12.3 Å². The summed E-state index contributed by atoms with van der Waals surface area (Å²) < 4.78 is 36.6. The lowest BCUT2D eigenvalue weighted by atomic mass is 10.2. The molecule has 0 saturated heterocycles. The molecular weight excluding hydrogens is 332 g/mol. The Bertz CT molecular complexity index is 971. The van der Waals surface area contributed by atoms with Crippen LogP contribution < -0.4 is 14.8 Å². The third-order valence-electron chi connectivity index (χ3n) is 3.95. The van der Waals surface area contributed by atoms with Crippen molar-refractivity contribution < 1.29 is 23.0 Å². The lowest BCUT2D eigenvalue weighted by molar-refractivity contribution is -0.286. The summed E-state index contributed by atoms with van der Waals surface area (Å²) in [6, 6.07) is 11.0. The molecule has 25 heavy (non-hydrogen) atoms. The molecule has 0 aliphatic carbocycles. The first kappa shape index (κ1) is 15.4. The van der Waals surface area contributed by atoms with Crippen LogP contribution in [0.4, 0.5) is 14.5 Å². The highest BCUT2D eigenvalue weighted by atomic mass is 19.3. The summed E-state index contributed by atoms with van der Waals surface area (Å²) in [7, 11) is 0. The average Bonchev–Trinajstić information content (AvgIpc) is 3.12. The maximum atomic E-state index is 13.1. The lowest BCUT2D eigenvalue weighted by Gasteiger charge is -2.14. The molecule has 2 aromatic carbocycles. The Balaban J connectivity index is 1.55. The van der Waals surface area contributed by atoms with Crippen molar-refractivity contribution in [3.8, 4) is 11.5 Å². The molecule has 0 spiro atoms. The van der Waals surface area contributed by atoms with Crippen LogP contribution in [0.1, 0.15) is 13.0 Å². The monoisotopic (exact) mass is 345 g/mol. The van der Waals surface area contributed by atoms with Crippen molar-refractivity contribution in [2.24, 2.45) is 0 Å². The van der Waals surface area contributed by atoms with E-state index in [9.17, 15) is 13.6 Å². The van der Waals surface area contributed by atoms with Crippen molar-refractivity contribution in [1.29, 1.82) is 0 Å². The molecule has 1 aliphatic rings. The molecule has 6 nitrogen and oxygen atoms in total. The average molecular weight is 345 g/mol. The van der Waals surface area contributed by atoms with E-state index in [1.165, 1.54) is 18.2 Å². The number of hydrogen-bond acceptors (Lipinski definition) is 4. The number of imidazole rings is 1. The second-order valence-corrected chi connectivity index (χ2v) is 5.63. The molecule has 1 atom stereocenters. The molecule has 3 aromatic rings. The normalized spacial score (nSPS) is 16.0. The van der Waals surface area contributed by atoms with Crippen LogP contribution in [0.15, 0.2) is 48.8 Å². The third kappa shape index (κ3) is 2.75. The first-order valence-corrected chi connectivity index (χ1v) is 7.55. The molecule has 0 saturated carbocycles. The molecule has 0 radical (unpaired) electrons. The van der Waals surface area contributed by atoms with Gasteiger partial charge in [0.1, 0.15) is 6.04 Å². The molecule has 0 bridgehead atoms. The van der Waals surface area contributed by atoms with Gasteiger partial charge in [-0.15, -0.1) is 8.78 Å². The summed E-state index contributed by atoms with van der Waals surface area (Å²) in [5.74, 6) is -0.506. The van der Waals surface area contributed by atoms with Crippen molar-refractivity contribution in [3.63, 3.8) is 0 Å². The molecule has 1 N–H and O–H groups in total. The van der Waals surface area contributed by atoms with Crippen molar-refractivity contribution in [3.05, 3.63) is 48.8 Å². The van der Waals surface area contributed by atoms with Gasteiger partial charge < -0.3 is 19.4 Å². The van der Waals surface area contributed by atoms with Crippen molar-refractivity contribution in [2.75, 3.05) is 5.32 Å². The SMILES string of the molecule is C[C@@H](C(=O)Nc1ccc2c(c1)OC(F)(F)O2)n1cnc2ccccc21. The quantitative estimate of drug-likeness (QED) is 0.788. The smallest absolute Gasteiger partial charge is 0.395 e. The van der Waals surface area contributed by atoms with Gasteiger partial charge in [-0.2, -0.15) is 0 Å². The van der Waals surface area contributed by atoms with Gasteiger partial charge in [0.15, 0.2) is 11.5 Å². The number of nitrogens with one attached hydrogen (secondary N) is 1. The van der Waals surface area contributed by atoms with Crippen molar-refractivity contribution >= 4 is 22.6 Å². The third-order valence-corrected chi connectivity index (χ3v) is 3.95. The van der Waals surface area contributed by atoms with E-state index in [2.05, 4.69) is 19.8 Å². The fourth-order valence-electron chi connectivity index (χ4n) is 2.69. The zero-order valence-electron chi connectivity index (χ0n) is 13.1. The van der Waals surface area contributed by atoms with E-state index in [4.69, 9.17) is 0 Å². The van der Waals surface area contributed by atoms with Crippen LogP contribution in [0, 0.1) is 0 Å². The van der Waals surface area contributed by atoms with Gasteiger partial charge in [-0.05, 0) is 31.2 Å². The Kier molecular flexibility index (Phi) is 3.34. The summed E-state index contributed by atoms with van der Waals surface area (Å²) in [5.41, 5.74) is 1.95. The van der Waals surface area contributed by atoms with Crippen LogP contribution in [-0.2, 0) is 4.79 Å². The first-order chi connectivity index (χ1) is 11.9. The second-order valence-electron chi connectivity index (χ2n) is 5.63. The summed E-state index contributed by atoms with van der Waals surface area (Å²) in [6.07, 6.45) is -2.09. The standard InChI is InChI=1S/C17H13F2N3O3/c1-10(22-9-20-12-4-2-3-5-13(12)22)16(23)21-11-6-7-14-15(8-11)25-17(18,19)24-14/h2-10H,1H3,(H,21,23)/t10-/m0/s1. The number of carbonyl (C=O) groups excluding carboxylic acids is 1. The molecule has 8 heteroatoms. The number of anilines is 1. The summed E-state index contributed by atoms with van der Waals surface area (Å²) in [6.45, 7) is 1.73. The predicted molar refractivity (Wildman–Crippen MR) is 85.7 cm³/mol. The van der Waals surface area contributed by atoms with Gasteiger partial charge in [0, 0.05) is 11.8 Å². The van der Waals surface area contributed by atoms with Gasteiger partial charge in [0.05, 0.1) is 17.4 Å². The second kappa shape index (κ2) is 5.44. The summed E-state index contributed by atoms with van der Waals surface area (Å²) in [5, 5.41) is 2.68. The van der Waals surface area contributed by atoms with Gasteiger partial charge in [0.2, 0.25) is 5.91 Å². The van der Waals surface area contributed by atoms with Crippen LogP contribution >= 0.6 is 0 Å². The number of para-hydroxylation sites is 2. The zero-order valence-corrected chi connectivity index (χ0v) is 13.1. The number of alkyl halides is 2. The van der Waals surface area contributed by atoms with E-state index >= 15 is 0 Å². The Morgan fingerprint density at radius 1 is 1.20 bits per heavy atom. The highest BCUT2D eigenvalue weighted by Crippen LogP contribution is 2.42. The molecule has 1 aliphatic heterocycles. The highest BCUT2D eigenvalue weighted by molar-refractivity contribution is 5.94. The van der Waals surface area contributed by atoms with E-state index in [-0.39, 0.29) is 17.4 Å². The Labute approximate surface area is 141 Å². The molecule has 1 amide bonds. The molecule has 1 aromatic heterocycles. The molecular formula is C17H13F2N3O3. The molecule has 128 valence electrons. The number of benzene rings is 2.